The summed E-state index contributed by atoms with van der Waals surface area (Å²) in [4.78, 5) is 2.31. The zero-order valence-corrected chi connectivity index (χ0v) is 11.8. The fraction of sp³-hybridized carbons (Fsp3) is 0.222. The first-order valence-electron chi connectivity index (χ1n) is 6.76. The van der Waals surface area contributed by atoms with Crippen molar-refractivity contribution in [1.29, 1.82) is 0 Å². The Balaban J connectivity index is 2.55. The van der Waals surface area contributed by atoms with E-state index in [2.05, 4.69) is 62.2 Å². The van der Waals surface area contributed by atoms with Crippen molar-refractivity contribution in [3.05, 3.63) is 78.0 Å². The van der Waals surface area contributed by atoms with E-state index < -0.39 is 0 Å². The van der Waals surface area contributed by atoms with Crippen LogP contribution in [-0.2, 0) is 0 Å². The molecular weight excluding hydrogens is 230 g/mol. The molecule has 0 unspecified atom stereocenters. The highest BCUT2D eigenvalue weighted by Crippen LogP contribution is 2.34. The quantitative estimate of drug-likeness (QED) is 0.745. The highest BCUT2D eigenvalue weighted by Gasteiger charge is 2.21. The average Bonchev–Trinajstić information content (AvgIpc) is 2.44. The Morgan fingerprint density at radius 3 is 2.47 bits per heavy atom. The molecule has 2 rings (SSSR count). The molecule has 0 aromatic heterocycles. The Kier molecular flexibility index (Phi) is 4.06. The Labute approximate surface area is 116 Å². The molecule has 0 radical (unpaired) electrons. The van der Waals surface area contributed by atoms with Crippen LogP contribution < -0.4 is 0 Å². The standard InChI is InChI=1S/C18H21N/c1-5-12-19-15(4)16(6-2)13-14(3)18(19)17-10-8-7-9-11-17/h6-11,13H,2,4-5,12H2,1,3H3. The number of hydrogen-bond donors (Lipinski definition) is 0. The van der Waals surface area contributed by atoms with E-state index in [1.807, 2.05) is 12.1 Å². The second-order valence-electron chi connectivity index (χ2n) is 4.80. The summed E-state index contributed by atoms with van der Waals surface area (Å²) in [5, 5.41) is 0. The first-order valence-corrected chi connectivity index (χ1v) is 6.76. The van der Waals surface area contributed by atoms with Crippen molar-refractivity contribution in [3.63, 3.8) is 0 Å². The summed E-state index contributed by atoms with van der Waals surface area (Å²) in [6, 6.07) is 10.5. The second-order valence-corrected chi connectivity index (χ2v) is 4.80. The number of allylic oxidation sites excluding steroid dienone is 3. The van der Waals surface area contributed by atoms with Crippen LogP contribution in [-0.4, -0.2) is 11.4 Å². The first kappa shape index (κ1) is 13.4. The Bertz CT molecular complexity index is 546. The fourth-order valence-corrected chi connectivity index (χ4v) is 2.52. The van der Waals surface area contributed by atoms with Gasteiger partial charge in [-0.05, 0) is 36.1 Å². The lowest BCUT2D eigenvalue weighted by atomic mass is 9.96. The maximum absolute atomic E-state index is 4.23. The van der Waals surface area contributed by atoms with Gasteiger partial charge in [0, 0.05) is 12.2 Å². The minimum Gasteiger partial charge on any atom is -0.341 e. The van der Waals surface area contributed by atoms with Gasteiger partial charge in [-0.3, -0.25) is 0 Å². The topological polar surface area (TPSA) is 3.24 Å². The van der Waals surface area contributed by atoms with E-state index in [4.69, 9.17) is 0 Å². The third-order valence-electron chi connectivity index (χ3n) is 3.39. The summed E-state index contributed by atoms with van der Waals surface area (Å²) in [5.74, 6) is 0. The van der Waals surface area contributed by atoms with Gasteiger partial charge in [0.1, 0.15) is 0 Å². The van der Waals surface area contributed by atoms with E-state index in [1.165, 1.54) is 16.8 Å². The van der Waals surface area contributed by atoms with E-state index in [9.17, 15) is 0 Å². The predicted molar refractivity (Wildman–Crippen MR) is 83.5 cm³/mol. The summed E-state index contributed by atoms with van der Waals surface area (Å²) in [5.41, 5.74) is 5.93. The van der Waals surface area contributed by atoms with E-state index in [1.54, 1.807) is 0 Å². The van der Waals surface area contributed by atoms with Crippen LogP contribution in [0.3, 0.4) is 0 Å². The molecular formula is C18H21N. The highest BCUT2D eigenvalue weighted by molar-refractivity contribution is 5.74. The fourth-order valence-electron chi connectivity index (χ4n) is 2.52. The molecule has 0 N–H and O–H groups in total. The smallest absolute Gasteiger partial charge is 0.0514 e. The zero-order chi connectivity index (χ0) is 13.8. The van der Waals surface area contributed by atoms with E-state index in [0.29, 0.717) is 0 Å². The van der Waals surface area contributed by atoms with Crippen molar-refractivity contribution < 1.29 is 0 Å². The number of hydrogen-bond acceptors (Lipinski definition) is 1. The van der Waals surface area contributed by atoms with Gasteiger partial charge in [-0.25, -0.2) is 0 Å². The molecule has 0 aliphatic carbocycles. The molecule has 1 heterocycles. The van der Waals surface area contributed by atoms with Crippen molar-refractivity contribution in [2.75, 3.05) is 6.54 Å². The van der Waals surface area contributed by atoms with Gasteiger partial charge in [0.25, 0.3) is 0 Å². The van der Waals surface area contributed by atoms with Gasteiger partial charge in [0.2, 0.25) is 0 Å². The maximum atomic E-state index is 4.23. The zero-order valence-electron chi connectivity index (χ0n) is 11.8. The molecule has 1 aromatic rings. The van der Waals surface area contributed by atoms with Crippen molar-refractivity contribution >= 4 is 5.70 Å². The van der Waals surface area contributed by atoms with Gasteiger partial charge in [-0.2, -0.15) is 0 Å². The summed E-state index contributed by atoms with van der Waals surface area (Å²) in [7, 11) is 0. The molecule has 0 saturated heterocycles. The van der Waals surface area contributed by atoms with E-state index >= 15 is 0 Å². The van der Waals surface area contributed by atoms with Crippen molar-refractivity contribution in [2.24, 2.45) is 0 Å². The molecule has 98 valence electrons. The van der Waals surface area contributed by atoms with Gasteiger partial charge in [-0.1, -0.05) is 56.5 Å². The largest absolute Gasteiger partial charge is 0.341 e. The summed E-state index contributed by atoms with van der Waals surface area (Å²) < 4.78 is 0. The third-order valence-corrected chi connectivity index (χ3v) is 3.39. The molecule has 0 amide bonds. The van der Waals surface area contributed by atoms with Crippen LogP contribution >= 0.6 is 0 Å². The molecule has 1 heteroatoms. The molecule has 0 atom stereocenters. The molecule has 0 bridgehead atoms. The lowest BCUT2D eigenvalue weighted by Crippen LogP contribution is -2.26. The highest BCUT2D eigenvalue weighted by atomic mass is 15.2. The minimum absolute atomic E-state index is 0.978. The van der Waals surface area contributed by atoms with Crippen molar-refractivity contribution in [1.82, 2.24) is 4.90 Å². The van der Waals surface area contributed by atoms with Crippen LogP contribution in [0, 0.1) is 0 Å². The van der Waals surface area contributed by atoms with Gasteiger partial charge in [0.05, 0.1) is 5.70 Å². The summed E-state index contributed by atoms with van der Waals surface area (Å²) in [6.45, 7) is 13.4. The van der Waals surface area contributed by atoms with Gasteiger partial charge < -0.3 is 4.90 Å². The molecule has 0 fully saturated rings. The van der Waals surface area contributed by atoms with Gasteiger partial charge in [-0.15, -0.1) is 0 Å². The maximum Gasteiger partial charge on any atom is 0.0514 e. The van der Waals surface area contributed by atoms with Gasteiger partial charge >= 0.3 is 0 Å². The van der Waals surface area contributed by atoms with Crippen molar-refractivity contribution in [3.8, 4) is 0 Å². The average molecular weight is 251 g/mol. The molecule has 0 spiro atoms. The Hall–Kier alpha value is -2.02. The molecule has 1 nitrogen and oxygen atoms in total. The number of rotatable bonds is 4. The van der Waals surface area contributed by atoms with Crippen LogP contribution in [0.1, 0.15) is 25.8 Å². The van der Waals surface area contributed by atoms with Crippen LogP contribution in [0.2, 0.25) is 0 Å². The van der Waals surface area contributed by atoms with Gasteiger partial charge in [0.15, 0.2) is 0 Å². The van der Waals surface area contributed by atoms with E-state index in [-0.39, 0.29) is 0 Å². The molecule has 1 aliphatic heterocycles. The predicted octanol–water partition coefficient (Wildman–Crippen LogP) is 4.77. The van der Waals surface area contributed by atoms with Crippen LogP contribution in [0.15, 0.2) is 72.5 Å². The molecule has 1 aliphatic rings. The number of nitrogens with zero attached hydrogens (tertiary/aromatic N) is 1. The Morgan fingerprint density at radius 2 is 1.89 bits per heavy atom. The first-order chi connectivity index (χ1) is 9.19. The molecule has 0 saturated carbocycles. The molecule has 1 aromatic carbocycles. The third kappa shape index (κ3) is 2.55. The van der Waals surface area contributed by atoms with Crippen LogP contribution in [0.4, 0.5) is 0 Å². The normalized spacial score (nSPS) is 15.6. The molecule has 19 heavy (non-hydrogen) atoms. The van der Waals surface area contributed by atoms with Crippen LogP contribution in [0.5, 0.6) is 0 Å². The van der Waals surface area contributed by atoms with Crippen LogP contribution in [0.25, 0.3) is 5.70 Å². The number of benzene rings is 1. The lowest BCUT2D eigenvalue weighted by Gasteiger charge is -2.34. The second kappa shape index (κ2) is 5.75. The Morgan fingerprint density at radius 1 is 1.21 bits per heavy atom. The monoisotopic (exact) mass is 251 g/mol. The summed E-state index contributed by atoms with van der Waals surface area (Å²) >= 11 is 0. The minimum atomic E-state index is 0.978. The van der Waals surface area contributed by atoms with E-state index in [0.717, 1.165) is 24.2 Å². The summed E-state index contributed by atoms with van der Waals surface area (Å²) in [6.07, 6.45) is 5.15. The lowest BCUT2D eigenvalue weighted by molar-refractivity contribution is 0.489. The van der Waals surface area contributed by atoms with Crippen molar-refractivity contribution in [2.45, 2.75) is 20.3 Å². The SMILES string of the molecule is C=CC1=CC(C)=C(c2ccccc2)N(CCC)C1=C.